The van der Waals surface area contributed by atoms with Gasteiger partial charge in [0.1, 0.15) is 0 Å². The SMILES string of the molecule is CNC(=O)C1(C)CC=C(c2ccccc2)C1. The molecule has 1 N–H and O–H groups in total. The molecular weight excluding hydrogens is 198 g/mol. The molecule has 1 aliphatic carbocycles. The van der Waals surface area contributed by atoms with Gasteiger partial charge < -0.3 is 5.32 Å². The molecule has 2 heteroatoms. The predicted octanol–water partition coefficient (Wildman–Crippen LogP) is 2.62. The maximum absolute atomic E-state index is 11.8. The number of nitrogens with one attached hydrogen (secondary N) is 1. The van der Waals surface area contributed by atoms with Crippen LogP contribution in [0.25, 0.3) is 5.57 Å². The minimum absolute atomic E-state index is 0.134. The molecule has 0 saturated heterocycles. The van der Waals surface area contributed by atoms with Crippen molar-refractivity contribution in [2.75, 3.05) is 7.05 Å². The number of carbonyl (C=O) groups excluding carboxylic acids is 1. The number of hydrogen-bond acceptors (Lipinski definition) is 1. The van der Waals surface area contributed by atoms with Gasteiger partial charge in [0, 0.05) is 7.05 Å². The summed E-state index contributed by atoms with van der Waals surface area (Å²) in [5.41, 5.74) is 2.25. The first-order chi connectivity index (χ1) is 7.65. The molecule has 84 valence electrons. The number of carbonyl (C=O) groups is 1. The fourth-order valence-electron chi connectivity index (χ4n) is 2.26. The molecule has 1 aliphatic rings. The molecule has 0 radical (unpaired) electrons. The number of allylic oxidation sites excluding steroid dienone is 2. The first kappa shape index (κ1) is 10.9. The second kappa shape index (κ2) is 4.12. The van der Waals surface area contributed by atoms with Gasteiger partial charge in [-0.15, -0.1) is 0 Å². The largest absolute Gasteiger partial charge is 0.359 e. The average molecular weight is 215 g/mol. The highest BCUT2D eigenvalue weighted by Gasteiger charge is 2.36. The van der Waals surface area contributed by atoms with Crippen molar-refractivity contribution >= 4 is 11.5 Å². The Labute approximate surface area is 96.4 Å². The highest BCUT2D eigenvalue weighted by atomic mass is 16.2. The summed E-state index contributed by atoms with van der Waals surface area (Å²) in [6.07, 6.45) is 3.85. The van der Waals surface area contributed by atoms with Gasteiger partial charge in [0.2, 0.25) is 5.91 Å². The van der Waals surface area contributed by atoms with Crippen LogP contribution >= 0.6 is 0 Å². The summed E-state index contributed by atoms with van der Waals surface area (Å²) < 4.78 is 0. The summed E-state index contributed by atoms with van der Waals surface area (Å²) in [5.74, 6) is 0.134. The third-order valence-electron chi connectivity index (χ3n) is 3.30. The van der Waals surface area contributed by atoms with E-state index in [0.717, 1.165) is 12.8 Å². The molecule has 1 atom stereocenters. The van der Waals surface area contributed by atoms with Gasteiger partial charge in [-0.25, -0.2) is 0 Å². The third kappa shape index (κ3) is 1.87. The van der Waals surface area contributed by atoms with Crippen molar-refractivity contribution in [2.24, 2.45) is 5.41 Å². The molecule has 1 unspecified atom stereocenters. The Kier molecular flexibility index (Phi) is 2.82. The Morgan fingerprint density at radius 1 is 1.31 bits per heavy atom. The first-order valence-corrected chi connectivity index (χ1v) is 5.62. The first-order valence-electron chi connectivity index (χ1n) is 5.62. The second-order valence-electron chi connectivity index (χ2n) is 4.62. The summed E-state index contributed by atoms with van der Waals surface area (Å²) in [7, 11) is 1.70. The highest BCUT2D eigenvalue weighted by molar-refractivity contribution is 5.87. The van der Waals surface area contributed by atoms with Crippen LogP contribution in [0.15, 0.2) is 36.4 Å². The number of amides is 1. The summed E-state index contributed by atoms with van der Waals surface area (Å²) >= 11 is 0. The fraction of sp³-hybridized carbons (Fsp3) is 0.357. The van der Waals surface area contributed by atoms with Crippen molar-refractivity contribution in [3.8, 4) is 0 Å². The van der Waals surface area contributed by atoms with Crippen LogP contribution in [0, 0.1) is 5.41 Å². The number of benzene rings is 1. The van der Waals surface area contributed by atoms with Crippen LogP contribution in [0.5, 0.6) is 0 Å². The molecule has 1 aromatic rings. The Balaban J connectivity index is 2.17. The van der Waals surface area contributed by atoms with Crippen LogP contribution in [-0.2, 0) is 4.79 Å². The van der Waals surface area contributed by atoms with E-state index in [9.17, 15) is 4.79 Å². The summed E-state index contributed by atoms with van der Waals surface area (Å²) in [6.45, 7) is 2.03. The molecule has 0 fully saturated rings. The summed E-state index contributed by atoms with van der Waals surface area (Å²) in [4.78, 5) is 11.8. The average Bonchev–Trinajstić information content (AvgIpc) is 2.73. The maximum Gasteiger partial charge on any atom is 0.226 e. The zero-order valence-electron chi connectivity index (χ0n) is 9.79. The van der Waals surface area contributed by atoms with Gasteiger partial charge in [-0.3, -0.25) is 4.79 Å². The van der Waals surface area contributed by atoms with Crippen molar-refractivity contribution in [3.05, 3.63) is 42.0 Å². The Morgan fingerprint density at radius 3 is 2.62 bits per heavy atom. The van der Waals surface area contributed by atoms with E-state index in [1.807, 2.05) is 25.1 Å². The Hall–Kier alpha value is -1.57. The molecule has 2 nitrogen and oxygen atoms in total. The van der Waals surface area contributed by atoms with Crippen molar-refractivity contribution in [1.82, 2.24) is 5.32 Å². The molecule has 16 heavy (non-hydrogen) atoms. The van der Waals surface area contributed by atoms with E-state index in [-0.39, 0.29) is 11.3 Å². The minimum Gasteiger partial charge on any atom is -0.359 e. The smallest absolute Gasteiger partial charge is 0.226 e. The Bertz CT molecular complexity index is 422. The van der Waals surface area contributed by atoms with Crippen molar-refractivity contribution in [3.63, 3.8) is 0 Å². The second-order valence-corrected chi connectivity index (χ2v) is 4.62. The van der Waals surface area contributed by atoms with E-state index in [4.69, 9.17) is 0 Å². The molecule has 0 saturated carbocycles. The van der Waals surface area contributed by atoms with Crippen molar-refractivity contribution < 1.29 is 4.79 Å². The Morgan fingerprint density at radius 2 is 2.00 bits per heavy atom. The molecule has 0 heterocycles. The van der Waals surface area contributed by atoms with E-state index in [1.54, 1.807) is 7.05 Å². The topological polar surface area (TPSA) is 29.1 Å². The number of rotatable bonds is 2. The molecular formula is C14H17NO. The van der Waals surface area contributed by atoms with Gasteiger partial charge in [0.05, 0.1) is 5.41 Å². The van der Waals surface area contributed by atoms with Gasteiger partial charge in [-0.05, 0) is 24.0 Å². The molecule has 0 spiro atoms. The standard InChI is InChI=1S/C14H17NO/c1-14(13(16)15-2)9-8-12(10-14)11-6-4-3-5-7-11/h3-8H,9-10H2,1-2H3,(H,15,16). The fourth-order valence-corrected chi connectivity index (χ4v) is 2.26. The van der Waals surface area contributed by atoms with E-state index in [2.05, 4.69) is 23.5 Å². The monoisotopic (exact) mass is 215 g/mol. The quantitative estimate of drug-likeness (QED) is 0.807. The van der Waals surface area contributed by atoms with E-state index >= 15 is 0 Å². The van der Waals surface area contributed by atoms with Crippen LogP contribution in [0.2, 0.25) is 0 Å². The minimum atomic E-state index is -0.264. The van der Waals surface area contributed by atoms with Crippen LogP contribution in [0.4, 0.5) is 0 Å². The molecule has 2 rings (SSSR count). The zero-order valence-corrected chi connectivity index (χ0v) is 9.79. The highest BCUT2D eigenvalue weighted by Crippen LogP contribution is 2.41. The van der Waals surface area contributed by atoms with Gasteiger partial charge in [0.25, 0.3) is 0 Å². The lowest BCUT2D eigenvalue weighted by Crippen LogP contribution is -2.34. The van der Waals surface area contributed by atoms with Crippen molar-refractivity contribution in [1.29, 1.82) is 0 Å². The van der Waals surface area contributed by atoms with Crippen LogP contribution in [0.3, 0.4) is 0 Å². The molecule has 0 bridgehead atoms. The lowest BCUT2D eigenvalue weighted by Gasteiger charge is -2.21. The maximum atomic E-state index is 11.8. The normalized spacial score (nSPS) is 24.0. The molecule has 1 amide bonds. The lowest BCUT2D eigenvalue weighted by atomic mass is 9.85. The predicted molar refractivity (Wildman–Crippen MR) is 65.8 cm³/mol. The van der Waals surface area contributed by atoms with E-state index in [1.165, 1.54) is 11.1 Å². The van der Waals surface area contributed by atoms with Crippen LogP contribution < -0.4 is 5.32 Å². The number of hydrogen-bond donors (Lipinski definition) is 1. The third-order valence-corrected chi connectivity index (χ3v) is 3.30. The lowest BCUT2D eigenvalue weighted by molar-refractivity contribution is -0.129. The van der Waals surface area contributed by atoms with E-state index in [0.29, 0.717) is 0 Å². The zero-order chi connectivity index (χ0) is 11.6. The van der Waals surface area contributed by atoms with Crippen LogP contribution in [-0.4, -0.2) is 13.0 Å². The summed E-state index contributed by atoms with van der Waals surface area (Å²) in [5, 5.41) is 2.75. The van der Waals surface area contributed by atoms with Gasteiger partial charge in [0.15, 0.2) is 0 Å². The molecule has 1 aromatic carbocycles. The van der Waals surface area contributed by atoms with Crippen molar-refractivity contribution in [2.45, 2.75) is 19.8 Å². The van der Waals surface area contributed by atoms with Gasteiger partial charge in [-0.1, -0.05) is 43.3 Å². The molecule has 0 aromatic heterocycles. The summed E-state index contributed by atoms with van der Waals surface area (Å²) in [6, 6.07) is 10.3. The van der Waals surface area contributed by atoms with Crippen LogP contribution in [0.1, 0.15) is 25.3 Å². The van der Waals surface area contributed by atoms with Gasteiger partial charge >= 0.3 is 0 Å². The van der Waals surface area contributed by atoms with Gasteiger partial charge in [-0.2, -0.15) is 0 Å². The van der Waals surface area contributed by atoms with E-state index < -0.39 is 0 Å². The molecule has 0 aliphatic heterocycles.